The van der Waals surface area contributed by atoms with E-state index in [0.717, 1.165) is 12.1 Å². The van der Waals surface area contributed by atoms with Gasteiger partial charge in [0.2, 0.25) is 0 Å². The molecule has 0 saturated heterocycles. The number of benzene rings is 1. The quantitative estimate of drug-likeness (QED) is 0.807. The standard InChI is InChI=1S/C10H10F3N3/c11-10(12,13)8-2-6(4-14)1-7(3-8)9(16)5-15/h1-3,9H,5,15-16H2/t9-/m0/s1. The summed E-state index contributed by atoms with van der Waals surface area (Å²) < 4.78 is 37.4. The zero-order chi connectivity index (χ0) is 12.3. The van der Waals surface area contributed by atoms with Crippen molar-refractivity contribution in [3.63, 3.8) is 0 Å². The Kier molecular flexibility index (Phi) is 3.52. The van der Waals surface area contributed by atoms with Crippen molar-refractivity contribution in [2.75, 3.05) is 6.54 Å². The van der Waals surface area contributed by atoms with Gasteiger partial charge in [-0.1, -0.05) is 0 Å². The largest absolute Gasteiger partial charge is 0.416 e. The van der Waals surface area contributed by atoms with Crippen molar-refractivity contribution < 1.29 is 13.2 Å². The highest BCUT2D eigenvalue weighted by molar-refractivity contribution is 5.39. The molecule has 0 unspecified atom stereocenters. The third-order valence-corrected chi connectivity index (χ3v) is 2.09. The Balaban J connectivity index is 3.28. The summed E-state index contributed by atoms with van der Waals surface area (Å²) in [4.78, 5) is 0. The van der Waals surface area contributed by atoms with E-state index in [1.165, 1.54) is 6.07 Å². The smallest absolute Gasteiger partial charge is 0.329 e. The lowest BCUT2D eigenvalue weighted by Gasteiger charge is -2.13. The predicted molar refractivity (Wildman–Crippen MR) is 52.1 cm³/mol. The molecule has 0 aliphatic heterocycles. The molecule has 0 saturated carbocycles. The molecule has 1 aromatic carbocycles. The lowest BCUT2D eigenvalue weighted by atomic mass is 10.0. The summed E-state index contributed by atoms with van der Waals surface area (Å²) in [5.41, 5.74) is 10.1. The third kappa shape index (κ3) is 2.72. The van der Waals surface area contributed by atoms with Gasteiger partial charge in [-0.05, 0) is 23.8 Å². The molecule has 1 rings (SSSR count). The van der Waals surface area contributed by atoms with Gasteiger partial charge in [-0.2, -0.15) is 18.4 Å². The van der Waals surface area contributed by atoms with Crippen molar-refractivity contribution in [3.05, 3.63) is 34.9 Å². The van der Waals surface area contributed by atoms with Crippen LogP contribution in [0.15, 0.2) is 18.2 Å². The minimum Gasteiger partial charge on any atom is -0.329 e. The molecular weight excluding hydrogens is 219 g/mol. The molecule has 0 aromatic heterocycles. The van der Waals surface area contributed by atoms with Crippen LogP contribution in [0.4, 0.5) is 13.2 Å². The molecule has 0 fully saturated rings. The summed E-state index contributed by atoms with van der Waals surface area (Å²) in [7, 11) is 0. The Morgan fingerprint density at radius 2 is 1.94 bits per heavy atom. The first-order valence-corrected chi connectivity index (χ1v) is 4.46. The number of hydrogen-bond acceptors (Lipinski definition) is 3. The molecule has 0 spiro atoms. The number of halogens is 3. The Hall–Kier alpha value is -1.58. The number of hydrogen-bond donors (Lipinski definition) is 2. The average molecular weight is 229 g/mol. The summed E-state index contributed by atoms with van der Waals surface area (Å²) in [6.45, 7) is 0.0200. The van der Waals surface area contributed by atoms with E-state index in [2.05, 4.69) is 0 Å². The first-order chi connectivity index (χ1) is 7.38. The maximum atomic E-state index is 12.5. The van der Waals surface area contributed by atoms with Crippen LogP contribution in [-0.2, 0) is 6.18 Å². The van der Waals surface area contributed by atoms with Gasteiger partial charge in [-0.3, -0.25) is 0 Å². The summed E-state index contributed by atoms with van der Waals surface area (Å²) in [6, 6.07) is 3.97. The number of rotatable bonds is 2. The van der Waals surface area contributed by atoms with Crippen molar-refractivity contribution in [1.82, 2.24) is 0 Å². The summed E-state index contributed by atoms with van der Waals surface area (Å²) in [5, 5.41) is 8.62. The SMILES string of the molecule is N#Cc1cc([C@@H](N)CN)cc(C(F)(F)F)c1. The molecule has 0 aliphatic rings. The minimum absolute atomic E-state index is 0.0200. The molecule has 0 aliphatic carbocycles. The molecular formula is C10H10F3N3. The van der Waals surface area contributed by atoms with Gasteiger partial charge in [0.25, 0.3) is 0 Å². The summed E-state index contributed by atoms with van der Waals surface area (Å²) in [6.07, 6.45) is -4.49. The van der Waals surface area contributed by atoms with E-state index in [1.807, 2.05) is 0 Å². The van der Waals surface area contributed by atoms with Gasteiger partial charge >= 0.3 is 6.18 Å². The van der Waals surface area contributed by atoms with Gasteiger partial charge in [0.15, 0.2) is 0 Å². The van der Waals surface area contributed by atoms with Gasteiger partial charge in [-0.15, -0.1) is 0 Å². The summed E-state index contributed by atoms with van der Waals surface area (Å²) >= 11 is 0. The fourth-order valence-corrected chi connectivity index (χ4v) is 1.23. The second-order valence-electron chi connectivity index (χ2n) is 3.30. The Morgan fingerprint density at radius 3 is 2.38 bits per heavy atom. The van der Waals surface area contributed by atoms with Crippen LogP contribution in [0.5, 0.6) is 0 Å². The molecule has 1 atom stereocenters. The second kappa shape index (κ2) is 4.51. The van der Waals surface area contributed by atoms with Crippen LogP contribution >= 0.6 is 0 Å². The molecule has 3 nitrogen and oxygen atoms in total. The lowest BCUT2D eigenvalue weighted by Crippen LogP contribution is -2.21. The van der Waals surface area contributed by atoms with E-state index in [1.54, 1.807) is 6.07 Å². The Morgan fingerprint density at radius 1 is 1.31 bits per heavy atom. The highest BCUT2D eigenvalue weighted by Crippen LogP contribution is 2.31. The molecule has 86 valence electrons. The zero-order valence-corrected chi connectivity index (χ0v) is 8.25. The molecule has 1 aromatic rings. The van der Waals surface area contributed by atoms with Crippen molar-refractivity contribution in [2.24, 2.45) is 11.5 Å². The van der Waals surface area contributed by atoms with Crippen LogP contribution < -0.4 is 11.5 Å². The first-order valence-electron chi connectivity index (χ1n) is 4.46. The first kappa shape index (κ1) is 12.5. The highest BCUT2D eigenvalue weighted by atomic mass is 19.4. The normalized spacial score (nSPS) is 13.2. The van der Waals surface area contributed by atoms with E-state index >= 15 is 0 Å². The van der Waals surface area contributed by atoms with Gasteiger partial charge < -0.3 is 11.5 Å². The Bertz CT molecular complexity index is 420. The van der Waals surface area contributed by atoms with Crippen LogP contribution in [0.3, 0.4) is 0 Å². The Labute approximate surface area is 90.5 Å². The third-order valence-electron chi connectivity index (χ3n) is 2.09. The minimum atomic E-state index is -4.49. The van der Waals surface area contributed by atoms with Crippen molar-refractivity contribution in [1.29, 1.82) is 5.26 Å². The average Bonchev–Trinajstić information content (AvgIpc) is 2.26. The van der Waals surface area contributed by atoms with E-state index in [4.69, 9.17) is 16.7 Å². The van der Waals surface area contributed by atoms with Gasteiger partial charge in [0.05, 0.1) is 17.2 Å². The highest BCUT2D eigenvalue weighted by Gasteiger charge is 2.31. The van der Waals surface area contributed by atoms with E-state index in [-0.39, 0.29) is 17.7 Å². The van der Waals surface area contributed by atoms with Crippen molar-refractivity contribution in [2.45, 2.75) is 12.2 Å². The van der Waals surface area contributed by atoms with Crippen LogP contribution in [0.1, 0.15) is 22.7 Å². The van der Waals surface area contributed by atoms with E-state index in [9.17, 15) is 13.2 Å². The number of nitriles is 1. The van der Waals surface area contributed by atoms with Crippen molar-refractivity contribution >= 4 is 0 Å². The van der Waals surface area contributed by atoms with Crippen LogP contribution in [0, 0.1) is 11.3 Å². The molecule has 0 radical (unpaired) electrons. The van der Waals surface area contributed by atoms with Crippen LogP contribution in [-0.4, -0.2) is 6.54 Å². The summed E-state index contributed by atoms with van der Waals surface area (Å²) in [5.74, 6) is 0. The predicted octanol–water partition coefficient (Wildman–Crippen LogP) is 1.54. The van der Waals surface area contributed by atoms with Crippen molar-refractivity contribution in [3.8, 4) is 6.07 Å². The fourth-order valence-electron chi connectivity index (χ4n) is 1.23. The number of nitrogens with two attached hydrogens (primary N) is 2. The fraction of sp³-hybridized carbons (Fsp3) is 0.300. The lowest BCUT2D eigenvalue weighted by molar-refractivity contribution is -0.137. The molecule has 0 heterocycles. The van der Waals surface area contributed by atoms with E-state index in [0.29, 0.717) is 0 Å². The van der Waals surface area contributed by atoms with Crippen LogP contribution in [0.25, 0.3) is 0 Å². The van der Waals surface area contributed by atoms with E-state index < -0.39 is 17.8 Å². The number of nitrogens with zero attached hydrogens (tertiary/aromatic N) is 1. The number of alkyl halides is 3. The molecule has 16 heavy (non-hydrogen) atoms. The van der Waals surface area contributed by atoms with Gasteiger partial charge in [-0.25, -0.2) is 0 Å². The maximum Gasteiger partial charge on any atom is 0.416 e. The monoisotopic (exact) mass is 229 g/mol. The van der Waals surface area contributed by atoms with Crippen LogP contribution in [0.2, 0.25) is 0 Å². The molecule has 0 amide bonds. The topological polar surface area (TPSA) is 75.8 Å². The molecule has 6 heteroatoms. The second-order valence-corrected chi connectivity index (χ2v) is 3.30. The molecule has 4 N–H and O–H groups in total. The van der Waals surface area contributed by atoms with Gasteiger partial charge in [0, 0.05) is 12.6 Å². The molecule has 0 bridgehead atoms. The maximum absolute atomic E-state index is 12.5. The zero-order valence-electron chi connectivity index (χ0n) is 8.25. The van der Waals surface area contributed by atoms with Gasteiger partial charge in [0.1, 0.15) is 0 Å².